The minimum atomic E-state index is -3.83. The Morgan fingerprint density at radius 2 is 1.67 bits per heavy atom. The molecule has 3 N–H and O–H groups in total. The van der Waals surface area contributed by atoms with Crippen molar-refractivity contribution < 1.29 is 13.2 Å². The molecule has 0 aliphatic heterocycles. The van der Waals surface area contributed by atoms with Crippen LogP contribution < -0.4 is 15.9 Å². The Balaban J connectivity index is 1.87. The fraction of sp³-hybridized carbons (Fsp3) is 0. The molecule has 3 rings (SSSR count). The van der Waals surface area contributed by atoms with Gasteiger partial charge in [-0.15, -0.1) is 0 Å². The van der Waals surface area contributed by atoms with E-state index < -0.39 is 21.4 Å². The van der Waals surface area contributed by atoms with E-state index in [4.69, 9.17) is 16.7 Å². The van der Waals surface area contributed by atoms with Crippen LogP contribution in [0, 0.1) is 0 Å². The van der Waals surface area contributed by atoms with Crippen LogP contribution in [0.4, 0.5) is 5.69 Å². The number of aromatic nitrogens is 2. The number of nitrogens with two attached hydrogens (primary N) is 1. The molecule has 0 aliphatic rings. The topological polar surface area (TPSA) is 124 Å². The lowest BCUT2D eigenvalue weighted by Gasteiger charge is -2.08. The molecule has 0 bridgehead atoms. The van der Waals surface area contributed by atoms with Crippen LogP contribution >= 0.6 is 11.6 Å². The summed E-state index contributed by atoms with van der Waals surface area (Å²) in [4.78, 5) is 24.3. The van der Waals surface area contributed by atoms with E-state index in [0.717, 1.165) is 0 Å². The molecule has 2 aromatic carbocycles. The van der Waals surface area contributed by atoms with Gasteiger partial charge in [0, 0.05) is 23.0 Å². The average molecular weight is 405 g/mol. The second kappa shape index (κ2) is 7.31. The van der Waals surface area contributed by atoms with Crippen LogP contribution in [0.2, 0.25) is 5.02 Å². The van der Waals surface area contributed by atoms with E-state index in [-0.39, 0.29) is 16.3 Å². The summed E-state index contributed by atoms with van der Waals surface area (Å²) < 4.78 is 23.9. The Kier molecular flexibility index (Phi) is 5.08. The van der Waals surface area contributed by atoms with Crippen molar-refractivity contribution in [3.8, 4) is 5.69 Å². The van der Waals surface area contributed by atoms with Crippen LogP contribution in [-0.4, -0.2) is 24.1 Å². The minimum absolute atomic E-state index is 0.0940. The molecule has 1 amide bonds. The number of amides is 1. The predicted molar refractivity (Wildman–Crippen MR) is 101 cm³/mol. The van der Waals surface area contributed by atoms with Gasteiger partial charge in [-0.2, -0.15) is 5.10 Å². The molecular weight excluding hydrogens is 392 g/mol. The number of nitrogens with zero attached hydrogens (tertiary/aromatic N) is 2. The number of halogens is 1. The first-order valence-corrected chi connectivity index (χ1v) is 9.46. The third-order valence-corrected chi connectivity index (χ3v) is 4.74. The lowest BCUT2D eigenvalue weighted by molar-refractivity contribution is 0.101. The molecule has 0 saturated carbocycles. The standard InChI is InChI=1S/C17H13ClN4O4S/c18-11-1-5-13(6-2-11)22-10-9-15(23)16(21-22)17(24)20-12-3-7-14(8-4-12)27(19,25)26/h1-10H,(H,20,24)(H2,19,25,26). The number of anilines is 1. The van der Waals surface area contributed by atoms with Crippen LogP contribution in [0.25, 0.3) is 5.69 Å². The van der Waals surface area contributed by atoms with E-state index in [2.05, 4.69) is 10.4 Å². The zero-order valence-corrected chi connectivity index (χ0v) is 15.2. The molecule has 0 unspecified atom stereocenters. The Labute approximate surface area is 159 Å². The zero-order valence-electron chi connectivity index (χ0n) is 13.7. The minimum Gasteiger partial charge on any atom is -0.320 e. The van der Waals surface area contributed by atoms with Gasteiger partial charge in [-0.1, -0.05) is 11.6 Å². The highest BCUT2D eigenvalue weighted by atomic mass is 35.5. The summed E-state index contributed by atoms with van der Waals surface area (Å²) >= 11 is 5.85. The summed E-state index contributed by atoms with van der Waals surface area (Å²) in [7, 11) is -3.83. The second-order valence-electron chi connectivity index (χ2n) is 5.47. The van der Waals surface area contributed by atoms with E-state index >= 15 is 0 Å². The first-order chi connectivity index (χ1) is 12.7. The largest absolute Gasteiger partial charge is 0.320 e. The Hall–Kier alpha value is -3.01. The highest BCUT2D eigenvalue weighted by molar-refractivity contribution is 7.89. The highest BCUT2D eigenvalue weighted by Gasteiger charge is 2.14. The molecule has 0 spiro atoms. The van der Waals surface area contributed by atoms with Crippen LogP contribution in [0.1, 0.15) is 10.5 Å². The van der Waals surface area contributed by atoms with E-state index in [1.54, 1.807) is 24.3 Å². The molecule has 138 valence electrons. The first kappa shape index (κ1) is 18.8. The van der Waals surface area contributed by atoms with Gasteiger partial charge in [0.05, 0.1) is 10.6 Å². The summed E-state index contributed by atoms with van der Waals surface area (Å²) in [5.41, 5.74) is 0.0308. The molecule has 3 aromatic rings. The van der Waals surface area contributed by atoms with Crippen molar-refractivity contribution in [2.75, 3.05) is 5.32 Å². The number of carbonyl (C=O) groups excluding carboxylic acids is 1. The molecule has 0 saturated heterocycles. The molecule has 27 heavy (non-hydrogen) atoms. The number of benzene rings is 2. The third kappa shape index (κ3) is 4.40. The summed E-state index contributed by atoms with van der Waals surface area (Å²) in [5.74, 6) is -0.730. The Bertz CT molecular complexity index is 1160. The molecule has 8 nitrogen and oxygen atoms in total. The van der Waals surface area contributed by atoms with Crippen LogP contribution in [0.15, 0.2) is 70.5 Å². The van der Waals surface area contributed by atoms with Crippen molar-refractivity contribution in [3.63, 3.8) is 0 Å². The Morgan fingerprint density at radius 1 is 1.04 bits per heavy atom. The van der Waals surface area contributed by atoms with Gasteiger partial charge in [0.2, 0.25) is 15.5 Å². The smallest absolute Gasteiger partial charge is 0.280 e. The number of nitrogens with one attached hydrogen (secondary N) is 1. The van der Waals surface area contributed by atoms with Crippen molar-refractivity contribution in [1.29, 1.82) is 0 Å². The molecule has 1 aromatic heterocycles. The van der Waals surface area contributed by atoms with Crippen LogP contribution in [-0.2, 0) is 10.0 Å². The SMILES string of the molecule is NS(=O)(=O)c1ccc(NC(=O)c2nn(-c3ccc(Cl)cc3)ccc2=O)cc1. The number of hydrogen-bond donors (Lipinski definition) is 2. The summed E-state index contributed by atoms with van der Waals surface area (Å²) in [6, 6.07) is 13.1. The van der Waals surface area contributed by atoms with Gasteiger partial charge >= 0.3 is 0 Å². The molecule has 1 heterocycles. The molecular formula is C17H13ClN4O4S. The van der Waals surface area contributed by atoms with Gasteiger partial charge in [-0.3, -0.25) is 9.59 Å². The number of hydrogen-bond acceptors (Lipinski definition) is 5. The van der Waals surface area contributed by atoms with E-state index in [9.17, 15) is 18.0 Å². The van der Waals surface area contributed by atoms with Crippen molar-refractivity contribution in [2.45, 2.75) is 4.90 Å². The maximum atomic E-state index is 12.4. The lowest BCUT2D eigenvalue weighted by Crippen LogP contribution is -2.25. The van der Waals surface area contributed by atoms with Gasteiger partial charge in [0.15, 0.2) is 5.69 Å². The fourth-order valence-corrected chi connectivity index (χ4v) is 2.86. The van der Waals surface area contributed by atoms with Gasteiger partial charge in [0.1, 0.15) is 0 Å². The van der Waals surface area contributed by atoms with Crippen molar-refractivity contribution >= 4 is 33.2 Å². The third-order valence-electron chi connectivity index (χ3n) is 3.56. The number of primary sulfonamides is 1. The number of sulfonamides is 1. The fourth-order valence-electron chi connectivity index (χ4n) is 2.22. The average Bonchev–Trinajstić information content (AvgIpc) is 2.62. The van der Waals surface area contributed by atoms with Crippen LogP contribution in [0.5, 0.6) is 0 Å². The van der Waals surface area contributed by atoms with Crippen LogP contribution in [0.3, 0.4) is 0 Å². The van der Waals surface area contributed by atoms with Crippen molar-refractivity contribution in [1.82, 2.24) is 9.78 Å². The molecule has 0 aliphatic carbocycles. The predicted octanol–water partition coefficient (Wildman–Crippen LogP) is 1.79. The quantitative estimate of drug-likeness (QED) is 0.685. The van der Waals surface area contributed by atoms with Gasteiger partial charge in [-0.25, -0.2) is 18.2 Å². The molecule has 0 fully saturated rings. The van der Waals surface area contributed by atoms with Crippen molar-refractivity contribution in [2.24, 2.45) is 5.14 Å². The van der Waals surface area contributed by atoms with Crippen molar-refractivity contribution in [3.05, 3.63) is 81.7 Å². The first-order valence-electron chi connectivity index (χ1n) is 7.54. The summed E-state index contributed by atoms with van der Waals surface area (Å²) in [5, 5.41) is 12.1. The molecule has 10 heteroatoms. The van der Waals surface area contributed by atoms with E-state index in [1.807, 2.05) is 0 Å². The maximum Gasteiger partial charge on any atom is 0.280 e. The molecule has 0 radical (unpaired) electrons. The number of carbonyl (C=O) groups is 1. The Morgan fingerprint density at radius 3 is 2.26 bits per heavy atom. The lowest BCUT2D eigenvalue weighted by atomic mass is 10.3. The normalized spacial score (nSPS) is 11.2. The number of rotatable bonds is 4. The van der Waals surface area contributed by atoms with Gasteiger partial charge < -0.3 is 5.32 Å². The van der Waals surface area contributed by atoms with Gasteiger partial charge in [-0.05, 0) is 48.5 Å². The maximum absolute atomic E-state index is 12.4. The van der Waals surface area contributed by atoms with Gasteiger partial charge in [0.25, 0.3) is 5.91 Å². The molecule has 0 atom stereocenters. The van der Waals surface area contributed by atoms with E-state index in [0.29, 0.717) is 10.7 Å². The monoisotopic (exact) mass is 404 g/mol. The second-order valence-corrected chi connectivity index (χ2v) is 7.47. The van der Waals surface area contributed by atoms with E-state index in [1.165, 1.54) is 41.2 Å². The highest BCUT2D eigenvalue weighted by Crippen LogP contribution is 2.14. The zero-order chi connectivity index (χ0) is 19.6. The summed E-state index contributed by atoms with van der Waals surface area (Å²) in [6.07, 6.45) is 1.43. The summed E-state index contributed by atoms with van der Waals surface area (Å²) in [6.45, 7) is 0.